The minimum atomic E-state index is -0.918. The van der Waals surface area contributed by atoms with E-state index >= 15 is 0 Å². The number of likely N-dealkylation sites (N-methyl/N-ethyl adjacent to an activating group) is 1. The lowest BCUT2D eigenvalue weighted by molar-refractivity contribution is -0.120. The number of benzene rings is 2. The highest BCUT2D eigenvalue weighted by Crippen LogP contribution is 2.33. The third-order valence-electron chi connectivity index (χ3n) is 4.99. The highest BCUT2D eigenvalue weighted by atomic mass is 16.5. The molecule has 0 bridgehead atoms. The lowest BCUT2D eigenvalue weighted by Gasteiger charge is -2.20. The molecule has 32 heavy (non-hydrogen) atoms. The van der Waals surface area contributed by atoms with Gasteiger partial charge in [-0.1, -0.05) is 35.5 Å². The number of amides is 3. The maximum absolute atomic E-state index is 13.0. The molecular weight excluding hydrogens is 412 g/mol. The summed E-state index contributed by atoms with van der Waals surface area (Å²) in [6, 6.07) is 15.3. The molecule has 164 valence electrons. The van der Waals surface area contributed by atoms with Gasteiger partial charge in [0.1, 0.15) is 24.2 Å². The fourth-order valence-electron chi connectivity index (χ4n) is 3.42. The number of hydrogen-bond donors (Lipinski definition) is 2. The third-order valence-corrected chi connectivity index (χ3v) is 4.99. The number of ether oxygens (including phenoxy) is 1. The van der Waals surface area contributed by atoms with Crippen LogP contribution in [0.5, 0.6) is 5.75 Å². The van der Waals surface area contributed by atoms with Crippen molar-refractivity contribution >= 4 is 29.1 Å². The molecule has 0 fully saturated rings. The maximum Gasteiger partial charge on any atom is 0.274 e. The monoisotopic (exact) mass is 434 g/mol. The van der Waals surface area contributed by atoms with E-state index in [-0.39, 0.29) is 24.1 Å². The molecule has 0 radical (unpaired) electrons. The average molecular weight is 434 g/mol. The van der Waals surface area contributed by atoms with Gasteiger partial charge in [-0.25, -0.2) is 0 Å². The first kappa shape index (κ1) is 21.1. The van der Waals surface area contributed by atoms with Crippen molar-refractivity contribution in [2.24, 2.45) is 0 Å². The first-order valence-corrected chi connectivity index (χ1v) is 10.0. The average Bonchev–Trinajstić information content (AvgIpc) is 3.21. The summed E-state index contributed by atoms with van der Waals surface area (Å²) >= 11 is 0. The SMILES string of the molecule is CC(=O)Nc1ccc2c(c1)N(C)C(=O)C(NC(=O)c1cc(Cc3ccccc3)on1)CO2. The van der Waals surface area contributed by atoms with Crippen molar-refractivity contribution in [3.63, 3.8) is 0 Å². The van der Waals surface area contributed by atoms with Gasteiger partial charge >= 0.3 is 0 Å². The van der Waals surface area contributed by atoms with E-state index in [4.69, 9.17) is 9.26 Å². The van der Waals surface area contributed by atoms with Crippen LogP contribution in [0.3, 0.4) is 0 Å². The van der Waals surface area contributed by atoms with Crippen molar-refractivity contribution in [2.45, 2.75) is 19.4 Å². The molecule has 1 unspecified atom stereocenters. The number of fused-ring (bicyclic) bond motifs is 1. The quantitative estimate of drug-likeness (QED) is 0.637. The summed E-state index contributed by atoms with van der Waals surface area (Å²) in [5.41, 5.74) is 2.14. The number of aromatic nitrogens is 1. The maximum atomic E-state index is 13.0. The normalized spacial score (nSPS) is 15.4. The number of anilines is 2. The minimum absolute atomic E-state index is 0.0455. The first-order valence-electron chi connectivity index (χ1n) is 10.0. The highest BCUT2D eigenvalue weighted by Gasteiger charge is 2.31. The zero-order chi connectivity index (χ0) is 22.7. The molecule has 2 aromatic carbocycles. The number of carbonyl (C=O) groups is 3. The minimum Gasteiger partial charge on any atom is -0.489 e. The van der Waals surface area contributed by atoms with Crippen LogP contribution < -0.4 is 20.3 Å². The van der Waals surface area contributed by atoms with Gasteiger partial charge in [0.15, 0.2) is 5.69 Å². The van der Waals surface area contributed by atoms with Gasteiger partial charge in [0.2, 0.25) is 5.91 Å². The largest absolute Gasteiger partial charge is 0.489 e. The van der Waals surface area contributed by atoms with Gasteiger partial charge in [-0.15, -0.1) is 0 Å². The molecule has 9 nitrogen and oxygen atoms in total. The predicted octanol–water partition coefficient (Wildman–Crippen LogP) is 2.38. The Kier molecular flexibility index (Phi) is 5.89. The fraction of sp³-hybridized carbons (Fsp3) is 0.217. The molecule has 3 amide bonds. The van der Waals surface area contributed by atoms with E-state index in [9.17, 15) is 14.4 Å². The summed E-state index contributed by atoms with van der Waals surface area (Å²) in [5, 5.41) is 9.17. The molecule has 2 N–H and O–H groups in total. The summed E-state index contributed by atoms with van der Waals surface area (Å²) in [6.07, 6.45) is 0.501. The van der Waals surface area contributed by atoms with Crippen LogP contribution in [0.25, 0.3) is 0 Å². The van der Waals surface area contributed by atoms with Crippen LogP contribution in [0.2, 0.25) is 0 Å². The van der Waals surface area contributed by atoms with Crippen molar-refractivity contribution in [1.82, 2.24) is 10.5 Å². The Labute approximate surface area is 184 Å². The fourth-order valence-corrected chi connectivity index (χ4v) is 3.42. The Balaban J connectivity index is 1.45. The van der Waals surface area contributed by atoms with Gasteiger partial charge < -0.3 is 24.8 Å². The first-order chi connectivity index (χ1) is 15.4. The molecule has 0 aliphatic carbocycles. The number of nitrogens with one attached hydrogen (secondary N) is 2. The molecule has 0 saturated heterocycles. The second-order valence-corrected chi connectivity index (χ2v) is 7.44. The van der Waals surface area contributed by atoms with Gasteiger partial charge in [-0.05, 0) is 23.8 Å². The van der Waals surface area contributed by atoms with E-state index in [0.29, 0.717) is 29.3 Å². The number of hydrogen-bond acceptors (Lipinski definition) is 6. The third kappa shape index (κ3) is 4.61. The number of nitrogens with zero attached hydrogens (tertiary/aromatic N) is 2. The van der Waals surface area contributed by atoms with Crippen LogP contribution in [0, 0.1) is 0 Å². The highest BCUT2D eigenvalue weighted by molar-refractivity contribution is 6.03. The molecule has 0 saturated carbocycles. The van der Waals surface area contributed by atoms with Gasteiger partial charge in [-0.3, -0.25) is 14.4 Å². The molecule has 3 aromatic rings. The summed E-state index contributed by atoms with van der Waals surface area (Å²) in [4.78, 5) is 38.4. The Bertz CT molecular complexity index is 1160. The Morgan fingerprint density at radius 1 is 1.16 bits per heavy atom. The van der Waals surface area contributed by atoms with Crippen molar-refractivity contribution in [2.75, 3.05) is 23.9 Å². The van der Waals surface area contributed by atoms with Crippen molar-refractivity contribution in [3.05, 3.63) is 71.6 Å². The molecule has 2 heterocycles. The lowest BCUT2D eigenvalue weighted by Crippen LogP contribution is -2.49. The van der Waals surface area contributed by atoms with Crippen LogP contribution in [0.1, 0.15) is 28.7 Å². The van der Waals surface area contributed by atoms with E-state index < -0.39 is 11.9 Å². The van der Waals surface area contributed by atoms with Gasteiger partial charge in [0.05, 0.1) is 5.69 Å². The number of rotatable bonds is 5. The van der Waals surface area contributed by atoms with Gasteiger partial charge in [0, 0.05) is 32.1 Å². The second-order valence-electron chi connectivity index (χ2n) is 7.44. The van der Waals surface area contributed by atoms with E-state index in [2.05, 4.69) is 15.8 Å². The molecule has 1 aliphatic heterocycles. The molecular formula is C23H22N4O5. The predicted molar refractivity (Wildman–Crippen MR) is 117 cm³/mol. The molecule has 1 aromatic heterocycles. The van der Waals surface area contributed by atoms with Crippen LogP contribution in [0.15, 0.2) is 59.1 Å². The van der Waals surface area contributed by atoms with Crippen molar-refractivity contribution < 1.29 is 23.6 Å². The Morgan fingerprint density at radius 2 is 1.94 bits per heavy atom. The second kappa shape index (κ2) is 8.93. The summed E-state index contributed by atoms with van der Waals surface area (Å²) < 4.78 is 11.0. The van der Waals surface area contributed by atoms with Gasteiger partial charge in [-0.2, -0.15) is 0 Å². The van der Waals surface area contributed by atoms with Crippen molar-refractivity contribution in [3.8, 4) is 5.75 Å². The van der Waals surface area contributed by atoms with E-state index in [1.807, 2.05) is 30.3 Å². The molecule has 0 spiro atoms. The summed E-state index contributed by atoms with van der Waals surface area (Å²) in [7, 11) is 1.58. The van der Waals surface area contributed by atoms with E-state index in [1.54, 1.807) is 31.3 Å². The van der Waals surface area contributed by atoms with Crippen LogP contribution in [0.4, 0.5) is 11.4 Å². The zero-order valence-electron chi connectivity index (χ0n) is 17.6. The summed E-state index contributed by atoms with van der Waals surface area (Å²) in [5.74, 6) is -0.102. The Morgan fingerprint density at radius 3 is 2.69 bits per heavy atom. The molecule has 4 rings (SSSR count). The van der Waals surface area contributed by atoms with E-state index in [0.717, 1.165) is 5.56 Å². The molecule has 1 atom stereocenters. The number of carbonyl (C=O) groups excluding carboxylic acids is 3. The zero-order valence-corrected chi connectivity index (χ0v) is 17.6. The standard InChI is InChI=1S/C23H22N4O5/c1-14(28)24-16-8-9-21-20(11-16)27(2)23(30)19(13-31-21)25-22(29)18-12-17(32-26-18)10-15-6-4-3-5-7-15/h3-9,11-12,19H,10,13H2,1-2H3,(H,24,28)(H,25,29). The van der Waals surface area contributed by atoms with Crippen LogP contribution in [-0.2, 0) is 16.0 Å². The Hall–Kier alpha value is -4.14. The van der Waals surface area contributed by atoms with Crippen LogP contribution >= 0.6 is 0 Å². The lowest BCUT2D eigenvalue weighted by atomic mass is 10.1. The van der Waals surface area contributed by atoms with E-state index in [1.165, 1.54) is 11.8 Å². The van der Waals surface area contributed by atoms with Crippen molar-refractivity contribution in [1.29, 1.82) is 0 Å². The molecule has 1 aliphatic rings. The smallest absolute Gasteiger partial charge is 0.274 e. The summed E-state index contributed by atoms with van der Waals surface area (Å²) in [6.45, 7) is 1.36. The van der Waals surface area contributed by atoms with Crippen LogP contribution in [-0.4, -0.2) is 42.6 Å². The topological polar surface area (TPSA) is 114 Å². The molecule has 9 heteroatoms. The van der Waals surface area contributed by atoms with Gasteiger partial charge in [0.25, 0.3) is 11.8 Å².